The summed E-state index contributed by atoms with van der Waals surface area (Å²) in [5.74, 6) is 0.681. The molecule has 2 heteroatoms. The minimum atomic E-state index is 0.681. The van der Waals surface area contributed by atoms with Crippen molar-refractivity contribution in [1.82, 2.24) is 0 Å². The average Bonchev–Trinajstić information content (AvgIpc) is 2.49. The van der Waals surface area contributed by atoms with Crippen LogP contribution in [0.3, 0.4) is 0 Å². The van der Waals surface area contributed by atoms with Crippen molar-refractivity contribution in [3.8, 4) is 0 Å². The molecular formula is C17H20N2. The van der Waals surface area contributed by atoms with E-state index in [1.807, 2.05) is 12.1 Å². The van der Waals surface area contributed by atoms with Gasteiger partial charge in [0.2, 0.25) is 0 Å². The molecule has 0 aromatic heterocycles. The fourth-order valence-corrected chi connectivity index (χ4v) is 2.88. The van der Waals surface area contributed by atoms with Crippen molar-refractivity contribution < 1.29 is 0 Å². The van der Waals surface area contributed by atoms with Crippen LogP contribution in [0.25, 0.3) is 0 Å². The minimum absolute atomic E-state index is 0.681. The average molecular weight is 252 g/mol. The molecule has 0 spiro atoms. The summed E-state index contributed by atoms with van der Waals surface area (Å²) < 4.78 is 0. The van der Waals surface area contributed by atoms with Gasteiger partial charge < -0.3 is 10.6 Å². The molecule has 0 amide bonds. The smallest absolute Gasteiger partial charge is 0.0366 e. The fourth-order valence-electron chi connectivity index (χ4n) is 2.88. The van der Waals surface area contributed by atoms with Crippen molar-refractivity contribution in [1.29, 1.82) is 0 Å². The highest BCUT2D eigenvalue weighted by molar-refractivity contribution is 5.47. The van der Waals surface area contributed by atoms with Gasteiger partial charge in [0.1, 0.15) is 0 Å². The van der Waals surface area contributed by atoms with Crippen LogP contribution in [0, 0.1) is 0 Å². The van der Waals surface area contributed by atoms with Gasteiger partial charge in [0.05, 0.1) is 0 Å². The Balaban J connectivity index is 1.65. The van der Waals surface area contributed by atoms with Gasteiger partial charge in [-0.1, -0.05) is 30.3 Å². The molecular weight excluding hydrogens is 232 g/mol. The maximum atomic E-state index is 5.75. The monoisotopic (exact) mass is 252 g/mol. The molecule has 0 radical (unpaired) electrons. The van der Waals surface area contributed by atoms with Crippen molar-refractivity contribution in [2.75, 3.05) is 23.7 Å². The number of rotatable bonds is 2. The van der Waals surface area contributed by atoms with E-state index in [1.54, 1.807) is 0 Å². The SMILES string of the molecule is Nc1ccc(C2CCN(c3ccccc3)CC2)cc1. The van der Waals surface area contributed by atoms with E-state index in [9.17, 15) is 0 Å². The van der Waals surface area contributed by atoms with Crippen LogP contribution in [0.5, 0.6) is 0 Å². The number of nitrogens with two attached hydrogens (primary N) is 1. The van der Waals surface area contributed by atoms with Gasteiger partial charge in [-0.15, -0.1) is 0 Å². The van der Waals surface area contributed by atoms with Crippen LogP contribution in [-0.2, 0) is 0 Å². The van der Waals surface area contributed by atoms with Gasteiger partial charge in [-0.3, -0.25) is 0 Å². The third kappa shape index (κ3) is 2.73. The second-order valence-electron chi connectivity index (χ2n) is 5.26. The van der Waals surface area contributed by atoms with Gasteiger partial charge in [0.25, 0.3) is 0 Å². The van der Waals surface area contributed by atoms with Crippen molar-refractivity contribution in [2.24, 2.45) is 0 Å². The Bertz CT molecular complexity index is 511. The van der Waals surface area contributed by atoms with E-state index in [0.717, 1.165) is 18.8 Å². The number of hydrogen-bond donors (Lipinski definition) is 1. The van der Waals surface area contributed by atoms with Crippen molar-refractivity contribution in [3.05, 3.63) is 60.2 Å². The Morgan fingerprint density at radius 2 is 1.47 bits per heavy atom. The molecule has 0 aliphatic carbocycles. The van der Waals surface area contributed by atoms with Crippen LogP contribution in [-0.4, -0.2) is 13.1 Å². The first-order valence-corrected chi connectivity index (χ1v) is 6.98. The highest BCUT2D eigenvalue weighted by Gasteiger charge is 2.20. The molecule has 1 aliphatic rings. The maximum absolute atomic E-state index is 5.75. The number of anilines is 2. The summed E-state index contributed by atoms with van der Waals surface area (Å²) in [7, 11) is 0. The number of benzene rings is 2. The predicted molar refractivity (Wildman–Crippen MR) is 81.5 cm³/mol. The second kappa shape index (κ2) is 5.35. The molecule has 0 unspecified atom stereocenters. The first-order chi connectivity index (χ1) is 9.33. The molecule has 1 aliphatic heterocycles. The van der Waals surface area contributed by atoms with E-state index < -0.39 is 0 Å². The molecule has 0 saturated carbocycles. The van der Waals surface area contributed by atoms with Gasteiger partial charge in [-0.25, -0.2) is 0 Å². The first-order valence-electron chi connectivity index (χ1n) is 6.98. The molecule has 0 bridgehead atoms. The lowest BCUT2D eigenvalue weighted by molar-refractivity contribution is 0.505. The van der Waals surface area contributed by atoms with Crippen LogP contribution in [0.15, 0.2) is 54.6 Å². The van der Waals surface area contributed by atoms with Gasteiger partial charge in [0.15, 0.2) is 0 Å². The van der Waals surface area contributed by atoms with Gasteiger partial charge >= 0.3 is 0 Å². The lowest BCUT2D eigenvalue weighted by atomic mass is 9.89. The number of nitrogen functional groups attached to an aromatic ring is 1. The zero-order valence-electron chi connectivity index (χ0n) is 11.1. The van der Waals surface area contributed by atoms with Crippen molar-refractivity contribution in [2.45, 2.75) is 18.8 Å². The van der Waals surface area contributed by atoms with E-state index >= 15 is 0 Å². The second-order valence-corrected chi connectivity index (χ2v) is 5.26. The van der Waals surface area contributed by atoms with Gasteiger partial charge in [-0.2, -0.15) is 0 Å². The fraction of sp³-hybridized carbons (Fsp3) is 0.294. The standard InChI is InChI=1S/C17H20N2/c18-16-8-6-14(7-9-16)15-10-12-19(13-11-15)17-4-2-1-3-5-17/h1-9,15H,10-13,18H2. The summed E-state index contributed by atoms with van der Waals surface area (Å²) in [6, 6.07) is 19.1. The molecule has 1 saturated heterocycles. The van der Waals surface area contributed by atoms with E-state index in [-0.39, 0.29) is 0 Å². The molecule has 0 atom stereocenters. The normalized spacial score (nSPS) is 16.5. The Morgan fingerprint density at radius 1 is 0.842 bits per heavy atom. The minimum Gasteiger partial charge on any atom is -0.399 e. The predicted octanol–water partition coefficient (Wildman–Crippen LogP) is 3.65. The summed E-state index contributed by atoms with van der Waals surface area (Å²) in [4.78, 5) is 2.48. The molecule has 19 heavy (non-hydrogen) atoms. The molecule has 2 aromatic carbocycles. The van der Waals surface area contributed by atoms with Gasteiger partial charge in [0, 0.05) is 24.5 Å². The molecule has 1 fully saturated rings. The third-order valence-electron chi connectivity index (χ3n) is 4.02. The van der Waals surface area contributed by atoms with Crippen LogP contribution in [0.1, 0.15) is 24.3 Å². The highest BCUT2D eigenvalue weighted by atomic mass is 15.1. The topological polar surface area (TPSA) is 29.3 Å². The van der Waals surface area contributed by atoms with Crippen LogP contribution >= 0.6 is 0 Å². The summed E-state index contributed by atoms with van der Waals surface area (Å²) in [5, 5.41) is 0. The summed E-state index contributed by atoms with van der Waals surface area (Å²) in [6.07, 6.45) is 2.44. The van der Waals surface area contributed by atoms with E-state index in [2.05, 4.69) is 47.4 Å². The number of para-hydroxylation sites is 1. The van der Waals surface area contributed by atoms with E-state index in [0.29, 0.717) is 5.92 Å². The van der Waals surface area contributed by atoms with E-state index in [1.165, 1.54) is 24.1 Å². The summed E-state index contributed by atoms with van der Waals surface area (Å²) in [5.41, 5.74) is 9.38. The van der Waals surface area contributed by atoms with Crippen LogP contribution in [0.2, 0.25) is 0 Å². The summed E-state index contributed by atoms with van der Waals surface area (Å²) >= 11 is 0. The highest BCUT2D eigenvalue weighted by Crippen LogP contribution is 2.30. The van der Waals surface area contributed by atoms with Crippen molar-refractivity contribution in [3.63, 3.8) is 0 Å². The molecule has 98 valence electrons. The molecule has 2 aromatic rings. The van der Waals surface area contributed by atoms with Crippen LogP contribution < -0.4 is 10.6 Å². The Morgan fingerprint density at radius 3 is 2.11 bits per heavy atom. The Kier molecular flexibility index (Phi) is 3.41. The number of hydrogen-bond acceptors (Lipinski definition) is 2. The maximum Gasteiger partial charge on any atom is 0.0366 e. The number of piperidine rings is 1. The quantitative estimate of drug-likeness (QED) is 0.827. The zero-order valence-corrected chi connectivity index (χ0v) is 11.1. The zero-order chi connectivity index (χ0) is 13.1. The Hall–Kier alpha value is -1.96. The van der Waals surface area contributed by atoms with Crippen LogP contribution in [0.4, 0.5) is 11.4 Å². The number of nitrogens with zero attached hydrogens (tertiary/aromatic N) is 1. The van der Waals surface area contributed by atoms with Crippen molar-refractivity contribution >= 4 is 11.4 Å². The van der Waals surface area contributed by atoms with Gasteiger partial charge in [-0.05, 0) is 48.6 Å². The van der Waals surface area contributed by atoms with E-state index in [4.69, 9.17) is 5.73 Å². The summed E-state index contributed by atoms with van der Waals surface area (Å²) in [6.45, 7) is 2.28. The molecule has 2 nitrogen and oxygen atoms in total. The molecule has 2 N–H and O–H groups in total. The lowest BCUT2D eigenvalue weighted by Gasteiger charge is -2.33. The first kappa shape index (κ1) is 12.1. The Labute approximate surface area is 114 Å². The lowest BCUT2D eigenvalue weighted by Crippen LogP contribution is -2.32. The third-order valence-corrected chi connectivity index (χ3v) is 4.02. The molecule has 1 heterocycles. The molecule has 3 rings (SSSR count). The largest absolute Gasteiger partial charge is 0.399 e.